The third kappa shape index (κ3) is 2.68. The normalized spacial score (nSPS) is 24.1. The summed E-state index contributed by atoms with van der Waals surface area (Å²) in [5.41, 5.74) is 0. The van der Waals surface area contributed by atoms with E-state index in [1.165, 1.54) is 6.42 Å². The second kappa shape index (κ2) is 4.90. The van der Waals surface area contributed by atoms with Gasteiger partial charge in [0.05, 0.1) is 0 Å². The van der Waals surface area contributed by atoms with Crippen LogP contribution in [0.1, 0.15) is 33.0 Å². The molecule has 2 atom stereocenters. The van der Waals surface area contributed by atoms with E-state index in [4.69, 9.17) is 0 Å². The maximum atomic E-state index is 4.56. The molecule has 1 fully saturated rings. The Morgan fingerprint density at radius 1 is 1.41 bits per heavy atom. The van der Waals surface area contributed by atoms with Crippen LogP contribution in [0.3, 0.4) is 0 Å². The van der Waals surface area contributed by atoms with Gasteiger partial charge in [-0.15, -0.1) is 0 Å². The number of hydrogen-bond donors (Lipinski definition) is 1. The largest absolute Gasteiger partial charge is 0.370 e. The van der Waals surface area contributed by atoms with Crippen LogP contribution in [0.15, 0.2) is 6.07 Å². The smallest absolute Gasteiger partial charge is 0.134 e. The van der Waals surface area contributed by atoms with E-state index in [1.54, 1.807) is 0 Å². The van der Waals surface area contributed by atoms with Crippen molar-refractivity contribution < 1.29 is 0 Å². The zero-order chi connectivity index (χ0) is 12.4. The molecule has 1 N–H and O–H groups in total. The average Bonchev–Trinajstić information content (AvgIpc) is 2.57. The van der Waals surface area contributed by atoms with Gasteiger partial charge in [-0.05, 0) is 33.1 Å². The first-order valence-electron chi connectivity index (χ1n) is 6.46. The minimum absolute atomic E-state index is 0.578. The maximum Gasteiger partial charge on any atom is 0.134 e. The molecule has 1 aliphatic heterocycles. The summed E-state index contributed by atoms with van der Waals surface area (Å²) in [5.74, 6) is 3.58. The summed E-state index contributed by atoms with van der Waals surface area (Å²) in [7, 11) is 0. The zero-order valence-electron chi connectivity index (χ0n) is 11.2. The van der Waals surface area contributed by atoms with Crippen molar-refractivity contribution in [3.05, 3.63) is 11.9 Å². The fraction of sp³-hybridized carbons (Fsp3) is 0.692. The summed E-state index contributed by atoms with van der Waals surface area (Å²) >= 11 is 0. The van der Waals surface area contributed by atoms with Gasteiger partial charge in [0.25, 0.3) is 0 Å². The van der Waals surface area contributed by atoms with E-state index in [2.05, 4.69) is 47.0 Å². The Labute approximate surface area is 103 Å². The van der Waals surface area contributed by atoms with E-state index in [1.807, 2.05) is 6.92 Å². The molecule has 1 aliphatic rings. The molecule has 2 rings (SSSR count). The predicted octanol–water partition coefficient (Wildman–Crippen LogP) is 2.45. The van der Waals surface area contributed by atoms with Crippen molar-refractivity contribution in [3.63, 3.8) is 0 Å². The standard InChI is InChI=1S/C13H22N4/c1-5-14-12-7-13(16-11(4)15-12)17-8-9(2)6-10(17)3/h7,9-10H,5-6,8H2,1-4H3,(H,14,15,16). The summed E-state index contributed by atoms with van der Waals surface area (Å²) in [5, 5.41) is 3.26. The first kappa shape index (κ1) is 12.1. The Balaban J connectivity index is 2.25. The summed E-state index contributed by atoms with van der Waals surface area (Å²) in [6.45, 7) is 10.6. The molecule has 0 spiro atoms. The molecule has 17 heavy (non-hydrogen) atoms. The van der Waals surface area contributed by atoms with E-state index in [0.29, 0.717) is 6.04 Å². The summed E-state index contributed by atoms with van der Waals surface area (Å²) in [6.07, 6.45) is 1.25. The second-order valence-electron chi connectivity index (χ2n) is 5.03. The fourth-order valence-corrected chi connectivity index (χ4v) is 2.59. The van der Waals surface area contributed by atoms with Crippen molar-refractivity contribution in [3.8, 4) is 0 Å². The second-order valence-corrected chi connectivity index (χ2v) is 5.03. The third-order valence-electron chi connectivity index (χ3n) is 3.26. The van der Waals surface area contributed by atoms with Gasteiger partial charge in [0.2, 0.25) is 0 Å². The number of hydrogen-bond acceptors (Lipinski definition) is 4. The summed E-state index contributed by atoms with van der Waals surface area (Å²) < 4.78 is 0. The average molecular weight is 234 g/mol. The molecular weight excluding hydrogens is 212 g/mol. The van der Waals surface area contributed by atoms with E-state index >= 15 is 0 Å². The number of rotatable bonds is 3. The Morgan fingerprint density at radius 2 is 2.18 bits per heavy atom. The van der Waals surface area contributed by atoms with Crippen molar-refractivity contribution in [2.24, 2.45) is 5.92 Å². The van der Waals surface area contributed by atoms with E-state index in [9.17, 15) is 0 Å². The Kier molecular flexibility index (Phi) is 3.50. The summed E-state index contributed by atoms with van der Waals surface area (Å²) in [4.78, 5) is 11.3. The van der Waals surface area contributed by atoms with E-state index in [0.717, 1.165) is 36.5 Å². The van der Waals surface area contributed by atoms with Crippen molar-refractivity contribution in [1.82, 2.24) is 9.97 Å². The first-order valence-corrected chi connectivity index (χ1v) is 6.46. The van der Waals surface area contributed by atoms with Crippen LogP contribution >= 0.6 is 0 Å². The highest BCUT2D eigenvalue weighted by Gasteiger charge is 2.27. The molecule has 1 aromatic heterocycles. The molecule has 0 aliphatic carbocycles. The quantitative estimate of drug-likeness (QED) is 0.872. The number of aromatic nitrogens is 2. The third-order valence-corrected chi connectivity index (χ3v) is 3.26. The molecule has 94 valence electrons. The Morgan fingerprint density at radius 3 is 2.76 bits per heavy atom. The molecule has 0 radical (unpaired) electrons. The molecule has 1 saturated heterocycles. The maximum absolute atomic E-state index is 4.56. The number of nitrogens with zero attached hydrogens (tertiary/aromatic N) is 3. The lowest BCUT2D eigenvalue weighted by molar-refractivity contribution is 0.625. The Hall–Kier alpha value is -1.32. The highest BCUT2D eigenvalue weighted by Crippen LogP contribution is 2.28. The molecule has 1 aromatic rings. The van der Waals surface area contributed by atoms with Gasteiger partial charge >= 0.3 is 0 Å². The van der Waals surface area contributed by atoms with Crippen LogP contribution in [0.25, 0.3) is 0 Å². The van der Waals surface area contributed by atoms with Crippen molar-refractivity contribution in [2.75, 3.05) is 23.3 Å². The van der Waals surface area contributed by atoms with Crippen molar-refractivity contribution in [1.29, 1.82) is 0 Å². The SMILES string of the molecule is CCNc1cc(N2CC(C)CC2C)nc(C)n1. The molecule has 0 saturated carbocycles. The highest BCUT2D eigenvalue weighted by molar-refractivity contribution is 5.50. The molecule has 0 bridgehead atoms. The van der Waals surface area contributed by atoms with Gasteiger partial charge in [0.15, 0.2) is 0 Å². The van der Waals surface area contributed by atoms with Crippen LogP contribution < -0.4 is 10.2 Å². The van der Waals surface area contributed by atoms with Gasteiger partial charge < -0.3 is 10.2 Å². The highest BCUT2D eigenvalue weighted by atomic mass is 15.2. The minimum atomic E-state index is 0.578. The van der Waals surface area contributed by atoms with Gasteiger partial charge in [0, 0.05) is 25.2 Å². The van der Waals surface area contributed by atoms with E-state index in [-0.39, 0.29) is 0 Å². The lowest BCUT2D eigenvalue weighted by Gasteiger charge is -2.23. The molecule has 4 nitrogen and oxygen atoms in total. The molecule has 0 aromatic carbocycles. The van der Waals surface area contributed by atoms with Crippen molar-refractivity contribution >= 4 is 11.6 Å². The van der Waals surface area contributed by atoms with E-state index < -0.39 is 0 Å². The topological polar surface area (TPSA) is 41.0 Å². The van der Waals surface area contributed by atoms with Gasteiger partial charge in [-0.25, -0.2) is 9.97 Å². The molecule has 0 amide bonds. The van der Waals surface area contributed by atoms with Gasteiger partial charge in [-0.1, -0.05) is 6.92 Å². The zero-order valence-corrected chi connectivity index (χ0v) is 11.2. The Bertz CT molecular complexity index is 391. The minimum Gasteiger partial charge on any atom is -0.370 e. The monoisotopic (exact) mass is 234 g/mol. The molecule has 2 unspecified atom stereocenters. The lowest BCUT2D eigenvalue weighted by Crippen LogP contribution is -2.28. The van der Waals surface area contributed by atoms with Crippen LogP contribution in [0, 0.1) is 12.8 Å². The van der Waals surface area contributed by atoms with Gasteiger partial charge in [0.1, 0.15) is 17.5 Å². The van der Waals surface area contributed by atoms with Crippen molar-refractivity contribution in [2.45, 2.75) is 40.2 Å². The predicted molar refractivity (Wildman–Crippen MR) is 71.5 cm³/mol. The number of anilines is 2. The lowest BCUT2D eigenvalue weighted by atomic mass is 10.1. The number of nitrogens with one attached hydrogen (secondary N) is 1. The van der Waals surface area contributed by atoms with Gasteiger partial charge in [-0.3, -0.25) is 0 Å². The molecule has 4 heteroatoms. The van der Waals surface area contributed by atoms with Crippen LogP contribution in [-0.4, -0.2) is 29.1 Å². The van der Waals surface area contributed by atoms with Crippen LogP contribution in [0.5, 0.6) is 0 Å². The first-order chi connectivity index (χ1) is 8.10. The molecule has 2 heterocycles. The fourth-order valence-electron chi connectivity index (χ4n) is 2.59. The van der Waals surface area contributed by atoms with Crippen LogP contribution in [-0.2, 0) is 0 Å². The molecular formula is C13H22N4. The van der Waals surface area contributed by atoms with Crippen LogP contribution in [0.4, 0.5) is 11.6 Å². The summed E-state index contributed by atoms with van der Waals surface area (Å²) in [6, 6.07) is 2.64. The van der Waals surface area contributed by atoms with Crippen LogP contribution in [0.2, 0.25) is 0 Å². The number of aryl methyl sites for hydroxylation is 1. The van der Waals surface area contributed by atoms with Gasteiger partial charge in [-0.2, -0.15) is 0 Å².